The molecule has 14 heteroatoms. The third-order valence-corrected chi connectivity index (χ3v) is 6.16. The maximum absolute atomic E-state index is 11.1. The number of anilines is 2. The van der Waals surface area contributed by atoms with Crippen LogP contribution in [-0.4, -0.2) is 110 Å². The van der Waals surface area contributed by atoms with Crippen molar-refractivity contribution in [3.63, 3.8) is 0 Å². The summed E-state index contributed by atoms with van der Waals surface area (Å²) < 4.78 is 0. The van der Waals surface area contributed by atoms with Gasteiger partial charge in [0.05, 0.1) is 18.4 Å². The molecule has 0 radical (unpaired) electrons. The van der Waals surface area contributed by atoms with Gasteiger partial charge in [-0.05, 0) is 36.4 Å². The van der Waals surface area contributed by atoms with Crippen molar-refractivity contribution in [1.29, 1.82) is 0 Å². The summed E-state index contributed by atoms with van der Waals surface area (Å²) in [6, 6.07) is 12.2. The van der Waals surface area contributed by atoms with Gasteiger partial charge in [-0.2, -0.15) is 0 Å². The van der Waals surface area contributed by atoms with Crippen LogP contribution in [0, 0.1) is 0 Å². The monoisotopic (exact) mass is 567 g/mol. The number of carbonyl (C=O) groups is 3. The van der Waals surface area contributed by atoms with Gasteiger partial charge in [-0.15, -0.1) is 0 Å². The molecule has 0 aliphatic carbocycles. The van der Waals surface area contributed by atoms with E-state index < -0.39 is 24.1 Å². The molecule has 1 aromatic carbocycles. The lowest BCUT2D eigenvalue weighted by atomic mass is 10.1. The second-order valence-corrected chi connectivity index (χ2v) is 9.36. The fourth-order valence-corrected chi connectivity index (χ4v) is 4.09. The van der Waals surface area contributed by atoms with Gasteiger partial charge in [0, 0.05) is 56.9 Å². The van der Waals surface area contributed by atoms with Crippen LogP contribution in [0.15, 0.2) is 61.2 Å². The third kappa shape index (κ3) is 9.20. The summed E-state index contributed by atoms with van der Waals surface area (Å²) in [6.45, 7) is 4.45. The normalized spacial score (nSPS) is 14.5. The minimum Gasteiger partial charge on any atom is -0.479 e. The van der Waals surface area contributed by atoms with E-state index in [0.29, 0.717) is 6.54 Å². The zero-order valence-electron chi connectivity index (χ0n) is 22.4. The molecule has 218 valence electrons. The van der Waals surface area contributed by atoms with E-state index in [9.17, 15) is 14.4 Å². The molecule has 2 aromatic heterocycles. The van der Waals surface area contributed by atoms with Crippen molar-refractivity contribution in [1.82, 2.24) is 19.9 Å². The number of primary amides is 1. The number of benzene rings is 1. The number of aliphatic hydroxyl groups is 2. The number of hydrogen-bond acceptors (Lipinski definition) is 11. The molecule has 14 nitrogen and oxygen atoms in total. The maximum atomic E-state index is 11.1. The van der Waals surface area contributed by atoms with Gasteiger partial charge in [0.25, 0.3) is 0 Å². The van der Waals surface area contributed by atoms with Gasteiger partial charge >= 0.3 is 11.9 Å². The molecule has 3 aromatic rings. The van der Waals surface area contributed by atoms with Crippen LogP contribution in [0.2, 0.25) is 0 Å². The van der Waals surface area contributed by atoms with Crippen LogP contribution < -0.4 is 15.5 Å². The van der Waals surface area contributed by atoms with Crippen LogP contribution in [0.5, 0.6) is 0 Å². The number of pyridine rings is 1. The van der Waals surface area contributed by atoms with Crippen LogP contribution in [0.25, 0.3) is 11.1 Å². The van der Waals surface area contributed by atoms with Crippen molar-refractivity contribution < 1.29 is 34.8 Å². The minimum atomic E-state index is -2.27. The Hall–Kier alpha value is -4.66. The van der Waals surface area contributed by atoms with Gasteiger partial charge in [0.2, 0.25) is 11.9 Å². The standard InChI is InChI=1S/C23H27N7O.C4H6O6/c1-28(17-22(24)31)16-18-4-2-5-19(12-18)20-13-26-23(27-14-20)30-10-8-29(9-11-30)21-6-3-7-25-15-21;5-1(3(7)8)2(6)4(9)10/h2-7,12-15H,8-11,16-17H2,1H3,(H2,24,31);1-2,5-6H,(H,7,8)(H,9,10). The minimum absolute atomic E-state index is 0.232. The van der Waals surface area contributed by atoms with Gasteiger partial charge in [0.15, 0.2) is 12.2 Å². The second kappa shape index (κ2) is 14.6. The number of aliphatic hydroxyl groups excluding tert-OH is 2. The lowest BCUT2D eigenvalue weighted by Gasteiger charge is -2.35. The van der Waals surface area contributed by atoms with Gasteiger partial charge in [-0.25, -0.2) is 19.6 Å². The number of nitrogens with two attached hydrogens (primary N) is 1. The van der Waals surface area contributed by atoms with E-state index >= 15 is 0 Å². The summed E-state index contributed by atoms with van der Waals surface area (Å²) in [6.07, 6.45) is 2.92. The number of carboxylic acid groups (broad SMARTS) is 2. The number of rotatable bonds is 10. The Bertz CT molecular complexity index is 1280. The highest BCUT2D eigenvalue weighted by molar-refractivity contribution is 5.83. The molecule has 0 saturated carbocycles. The van der Waals surface area contributed by atoms with E-state index in [1.54, 1.807) is 6.20 Å². The molecular weight excluding hydrogens is 534 g/mol. The predicted octanol–water partition coefficient (Wildman–Crippen LogP) is -0.340. The summed E-state index contributed by atoms with van der Waals surface area (Å²) in [5, 5.41) is 32.5. The molecule has 1 saturated heterocycles. The van der Waals surface area contributed by atoms with E-state index in [0.717, 1.165) is 54.5 Å². The first kappa shape index (κ1) is 30.9. The van der Waals surface area contributed by atoms with Gasteiger partial charge in [-0.1, -0.05) is 18.2 Å². The number of aromatic nitrogens is 3. The highest BCUT2D eigenvalue weighted by Crippen LogP contribution is 2.22. The SMILES string of the molecule is CN(CC(N)=O)Cc1cccc(-c2cnc(N3CCN(c4cccnc4)CC3)nc2)c1.O=C(O)C(O)C(O)C(=O)O. The molecule has 1 aliphatic rings. The first-order valence-corrected chi connectivity index (χ1v) is 12.6. The molecule has 2 unspecified atom stereocenters. The number of carbonyl (C=O) groups excluding carboxylic acids is 1. The van der Waals surface area contributed by atoms with Crippen molar-refractivity contribution in [3.05, 3.63) is 66.7 Å². The van der Waals surface area contributed by atoms with E-state index in [-0.39, 0.29) is 12.5 Å². The zero-order chi connectivity index (χ0) is 29.9. The molecule has 6 N–H and O–H groups in total. The first-order chi connectivity index (χ1) is 19.5. The predicted molar refractivity (Wildman–Crippen MR) is 149 cm³/mol. The Balaban J connectivity index is 0.000000397. The van der Waals surface area contributed by atoms with E-state index in [2.05, 4.69) is 36.9 Å². The number of piperazine rings is 1. The van der Waals surface area contributed by atoms with Gasteiger partial charge in [-0.3, -0.25) is 14.7 Å². The topological polar surface area (TPSA) is 207 Å². The van der Waals surface area contributed by atoms with Crippen molar-refractivity contribution in [3.8, 4) is 11.1 Å². The van der Waals surface area contributed by atoms with Gasteiger partial charge in [0.1, 0.15) is 0 Å². The molecule has 1 amide bonds. The van der Waals surface area contributed by atoms with Gasteiger partial charge < -0.3 is 36.0 Å². The van der Waals surface area contributed by atoms with E-state index in [1.165, 1.54) is 0 Å². The summed E-state index contributed by atoms with van der Waals surface area (Å²) in [5.74, 6) is -3.11. The lowest BCUT2D eigenvalue weighted by Crippen LogP contribution is -2.47. The van der Waals surface area contributed by atoms with Crippen molar-refractivity contribution in [2.45, 2.75) is 18.8 Å². The molecule has 41 heavy (non-hydrogen) atoms. The van der Waals surface area contributed by atoms with E-state index in [1.807, 2.05) is 54.8 Å². The van der Waals surface area contributed by atoms with Crippen LogP contribution in [-0.2, 0) is 20.9 Å². The first-order valence-electron chi connectivity index (χ1n) is 12.6. The summed E-state index contributed by atoms with van der Waals surface area (Å²) >= 11 is 0. The average Bonchev–Trinajstić information content (AvgIpc) is 2.97. The molecule has 2 atom stereocenters. The zero-order valence-corrected chi connectivity index (χ0v) is 22.4. The Morgan fingerprint density at radius 1 is 0.902 bits per heavy atom. The number of hydrogen-bond donors (Lipinski definition) is 5. The van der Waals surface area contributed by atoms with Crippen LogP contribution in [0.1, 0.15) is 5.56 Å². The highest BCUT2D eigenvalue weighted by atomic mass is 16.4. The largest absolute Gasteiger partial charge is 0.479 e. The Morgan fingerprint density at radius 3 is 2.05 bits per heavy atom. The van der Waals surface area contributed by atoms with Crippen molar-refractivity contribution >= 4 is 29.5 Å². The third-order valence-electron chi connectivity index (χ3n) is 6.16. The Labute approximate surface area is 236 Å². The van der Waals surface area contributed by atoms with E-state index in [4.69, 9.17) is 26.2 Å². The van der Waals surface area contributed by atoms with Crippen LogP contribution in [0.3, 0.4) is 0 Å². The molecule has 4 rings (SSSR count). The molecule has 0 spiro atoms. The Morgan fingerprint density at radius 2 is 1.51 bits per heavy atom. The summed E-state index contributed by atoms with van der Waals surface area (Å²) in [4.78, 5) is 50.5. The fourth-order valence-electron chi connectivity index (χ4n) is 4.09. The van der Waals surface area contributed by atoms with Crippen LogP contribution >= 0.6 is 0 Å². The number of aliphatic carboxylic acids is 2. The number of nitrogens with zero attached hydrogens (tertiary/aromatic N) is 6. The highest BCUT2D eigenvalue weighted by Gasteiger charge is 2.29. The smallest absolute Gasteiger partial charge is 0.335 e. The van der Waals surface area contributed by atoms with Crippen molar-refractivity contribution in [2.75, 3.05) is 49.6 Å². The number of likely N-dealkylation sites (N-methyl/N-ethyl adjacent to an activating group) is 1. The fraction of sp³-hybridized carbons (Fsp3) is 0.333. The quantitative estimate of drug-likeness (QED) is 0.213. The average molecular weight is 568 g/mol. The van der Waals surface area contributed by atoms with Crippen molar-refractivity contribution in [2.24, 2.45) is 5.73 Å². The lowest BCUT2D eigenvalue weighted by molar-refractivity contribution is -0.165. The number of carboxylic acids is 2. The van der Waals surface area contributed by atoms with Crippen LogP contribution in [0.4, 0.5) is 11.6 Å². The Kier molecular flexibility index (Phi) is 11.0. The number of amides is 1. The molecule has 0 bridgehead atoms. The molecular formula is C27H33N7O7. The summed E-state index contributed by atoms with van der Waals surface area (Å²) in [7, 11) is 1.88. The molecule has 1 aliphatic heterocycles. The molecule has 1 fully saturated rings. The summed E-state index contributed by atoms with van der Waals surface area (Å²) in [5.41, 5.74) is 9.56. The molecule has 3 heterocycles. The maximum Gasteiger partial charge on any atom is 0.335 e. The second-order valence-electron chi connectivity index (χ2n) is 9.36.